The molecule has 4 aromatic rings. The van der Waals surface area contributed by atoms with Crippen LogP contribution in [0.15, 0.2) is 74.8 Å². The van der Waals surface area contributed by atoms with Crippen LogP contribution in [0.1, 0.15) is 12.5 Å². The van der Waals surface area contributed by atoms with E-state index in [0.29, 0.717) is 12.1 Å². The first kappa shape index (κ1) is 17.5. The third-order valence-corrected chi connectivity index (χ3v) is 6.00. The first-order valence-corrected chi connectivity index (χ1v) is 10.1. The van der Waals surface area contributed by atoms with Crippen LogP contribution in [0.5, 0.6) is 0 Å². The van der Waals surface area contributed by atoms with Gasteiger partial charge in [-0.15, -0.1) is 0 Å². The molecule has 7 heteroatoms. The van der Waals surface area contributed by atoms with E-state index in [2.05, 4.69) is 4.72 Å². The molecule has 0 aliphatic rings. The Bertz CT molecular complexity index is 1300. The van der Waals surface area contributed by atoms with Crippen LogP contribution in [0.3, 0.4) is 0 Å². The molecule has 0 fully saturated rings. The van der Waals surface area contributed by atoms with E-state index in [-0.39, 0.29) is 17.0 Å². The highest BCUT2D eigenvalue weighted by Gasteiger charge is 2.17. The van der Waals surface area contributed by atoms with Gasteiger partial charge in [-0.1, -0.05) is 42.5 Å². The summed E-state index contributed by atoms with van der Waals surface area (Å²) in [5.41, 5.74) is 1.73. The van der Waals surface area contributed by atoms with Crippen molar-refractivity contribution in [3.63, 3.8) is 0 Å². The number of oxazole rings is 1. The zero-order valence-corrected chi connectivity index (χ0v) is 15.5. The van der Waals surface area contributed by atoms with Crippen molar-refractivity contribution in [2.75, 3.05) is 0 Å². The predicted octanol–water partition coefficient (Wildman–Crippen LogP) is 3.25. The SMILES string of the molecule is CCn1c(=O)oc2cc(S(=O)(=O)NCc3cccc4ccccc34)ccc21. The summed E-state index contributed by atoms with van der Waals surface area (Å²) >= 11 is 0. The van der Waals surface area contributed by atoms with Crippen molar-refractivity contribution in [1.82, 2.24) is 9.29 Å². The molecule has 0 unspecified atom stereocenters. The molecule has 0 atom stereocenters. The van der Waals surface area contributed by atoms with Crippen LogP contribution >= 0.6 is 0 Å². The van der Waals surface area contributed by atoms with Crippen molar-refractivity contribution >= 4 is 31.9 Å². The molecule has 1 aromatic heterocycles. The Kier molecular flexibility index (Phi) is 4.33. The average Bonchev–Trinajstić information content (AvgIpc) is 3.00. The molecule has 0 saturated carbocycles. The minimum Gasteiger partial charge on any atom is -0.408 e. The second kappa shape index (κ2) is 6.68. The fraction of sp³-hybridized carbons (Fsp3) is 0.150. The highest BCUT2D eigenvalue weighted by Crippen LogP contribution is 2.21. The van der Waals surface area contributed by atoms with Crippen LogP contribution in [0.2, 0.25) is 0 Å². The highest BCUT2D eigenvalue weighted by atomic mass is 32.2. The smallest absolute Gasteiger partial charge is 0.408 e. The number of aromatic nitrogens is 1. The molecule has 1 heterocycles. The Morgan fingerprint density at radius 3 is 2.63 bits per heavy atom. The number of benzene rings is 3. The summed E-state index contributed by atoms with van der Waals surface area (Å²) < 4.78 is 34.7. The van der Waals surface area contributed by atoms with Crippen molar-refractivity contribution in [1.29, 1.82) is 0 Å². The number of nitrogens with zero attached hydrogens (tertiary/aromatic N) is 1. The topological polar surface area (TPSA) is 81.3 Å². The van der Waals surface area contributed by atoms with Gasteiger partial charge in [-0.2, -0.15) is 0 Å². The maximum absolute atomic E-state index is 12.7. The molecule has 0 saturated heterocycles. The summed E-state index contributed by atoms with van der Waals surface area (Å²) in [6.07, 6.45) is 0. The van der Waals surface area contributed by atoms with Crippen LogP contribution in [0.25, 0.3) is 21.9 Å². The molecule has 0 aliphatic heterocycles. The van der Waals surface area contributed by atoms with E-state index >= 15 is 0 Å². The Balaban J connectivity index is 1.65. The van der Waals surface area contributed by atoms with Crippen LogP contribution in [0, 0.1) is 0 Å². The molecule has 1 N–H and O–H groups in total. The molecule has 6 nitrogen and oxygen atoms in total. The Morgan fingerprint density at radius 1 is 1.04 bits per heavy atom. The number of sulfonamides is 1. The molecule has 0 bridgehead atoms. The van der Waals surface area contributed by atoms with Crippen molar-refractivity contribution in [2.24, 2.45) is 0 Å². The molecule has 27 heavy (non-hydrogen) atoms. The Hall–Kier alpha value is -2.90. The van der Waals surface area contributed by atoms with E-state index in [1.54, 1.807) is 6.07 Å². The largest absolute Gasteiger partial charge is 0.419 e. The molecule has 0 aliphatic carbocycles. The third-order valence-electron chi connectivity index (χ3n) is 4.60. The predicted molar refractivity (Wildman–Crippen MR) is 104 cm³/mol. The van der Waals surface area contributed by atoms with E-state index in [1.807, 2.05) is 49.4 Å². The van der Waals surface area contributed by atoms with Gasteiger partial charge in [-0.3, -0.25) is 4.57 Å². The quantitative estimate of drug-likeness (QED) is 0.574. The third kappa shape index (κ3) is 3.15. The van der Waals surface area contributed by atoms with Gasteiger partial charge in [0.2, 0.25) is 10.0 Å². The van der Waals surface area contributed by atoms with Crippen LogP contribution in [-0.4, -0.2) is 13.0 Å². The molecule has 4 rings (SSSR count). The summed E-state index contributed by atoms with van der Waals surface area (Å²) in [4.78, 5) is 11.9. The summed E-state index contributed by atoms with van der Waals surface area (Å²) in [5, 5.41) is 2.06. The molecule has 138 valence electrons. The summed E-state index contributed by atoms with van der Waals surface area (Å²) in [5.74, 6) is -0.495. The van der Waals surface area contributed by atoms with Gasteiger partial charge in [0.1, 0.15) is 0 Å². The van der Waals surface area contributed by atoms with Crippen molar-refractivity contribution < 1.29 is 12.8 Å². The first-order valence-electron chi connectivity index (χ1n) is 8.59. The van der Waals surface area contributed by atoms with Gasteiger partial charge in [-0.25, -0.2) is 17.9 Å². The Morgan fingerprint density at radius 2 is 1.81 bits per heavy atom. The summed E-state index contributed by atoms with van der Waals surface area (Å²) in [6.45, 7) is 2.45. The number of nitrogens with one attached hydrogen (secondary N) is 1. The number of aryl methyl sites for hydroxylation is 1. The Labute approximate surface area is 156 Å². The number of hydrogen-bond acceptors (Lipinski definition) is 4. The van der Waals surface area contributed by atoms with Crippen molar-refractivity contribution in [3.05, 3.63) is 76.8 Å². The second-order valence-electron chi connectivity index (χ2n) is 6.20. The molecular formula is C20H18N2O4S. The fourth-order valence-electron chi connectivity index (χ4n) is 3.22. The van der Waals surface area contributed by atoms with Gasteiger partial charge < -0.3 is 4.42 Å². The fourth-order valence-corrected chi connectivity index (χ4v) is 4.24. The van der Waals surface area contributed by atoms with Gasteiger partial charge in [0, 0.05) is 19.2 Å². The lowest BCUT2D eigenvalue weighted by molar-refractivity contribution is 0.512. The van der Waals surface area contributed by atoms with Gasteiger partial charge in [0.05, 0.1) is 10.4 Å². The first-order chi connectivity index (χ1) is 13.0. The van der Waals surface area contributed by atoms with Gasteiger partial charge in [0.25, 0.3) is 0 Å². The summed E-state index contributed by atoms with van der Waals surface area (Å²) in [6, 6.07) is 18.1. The van der Waals surface area contributed by atoms with Crippen molar-refractivity contribution in [2.45, 2.75) is 24.9 Å². The van der Waals surface area contributed by atoms with E-state index in [4.69, 9.17) is 4.42 Å². The molecule has 3 aromatic carbocycles. The molecule has 0 spiro atoms. The maximum atomic E-state index is 12.7. The van der Waals surface area contributed by atoms with Crippen LogP contribution in [-0.2, 0) is 23.1 Å². The number of hydrogen-bond donors (Lipinski definition) is 1. The van der Waals surface area contributed by atoms with Crippen LogP contribution < -0.4 is 10.5 Å². The minimum absolute atomic E-state index is 0.0623. The van der Waals surface area contributed by atoms with Gasteiger partial charge in [0.15, 0.2) is 5.58 Å². The number of fused-ring (bicyclic) bond motifs is 2. The van der Waals surface area contributed by atoms with Gasteiger partial charge in [-0.05, 0) is 35.4 Å². The van der Waals surface area contributed by atoms with E-state index in [9.17, 15) is 13.2 Å². The lowest BCUT2D eigenvalue weighted by Crippen LogP contribution is -2.23. The standard InChI is InChI=1S/C20H18N2O4S/c1-2-22-18-11-10-16(12-19(18)26-20(22)23)27(24,25)21-13-15-8-5-7-14-6-3-4-9-17(14)15/h3-12,21H,2,13H2,1H3. The maximum Gasteiger partial charge on any atom is 0.419 e. The minimum atomic E-state index is -3.75. The zero-order chi connectivity index (χ0) is 19.0. The highest BCUT2D eigenvalue weighted by molar-refractivity contribution is 7.89. The molecule has 0 amide bonds. The van der Waals surface area contributed by atoms with Crippen LogP contribution in [0.4, 0.5) is 0 Å². The monoisotopic (exact) mass is 382 g/mol. The normalized spacial score (nSPS) is 12.0. The zero-order valence-electron chi connectivity index (χ0n) is 14.7. The van der Waals surface area contributed by atoms with Gasteiger partial charge >= 0.3 is 5.76 Å². The lowest BCUT2D eigenvalue weighted by atomic mass is 10.1. The average molecular weight is 382 g/mol. The molecular weight excluding hydrogens is 364 g/mol. The summed E-state index contributed by atoms with van der Waals surface area (Å²) in [7, 11) is -3.75. The molecule has 0 radical (unpaired) electrons. The van der Waals surface area contributed by atoms with E-state index < -0.39 is 15.8 Å². The number of rotatable bonds is 5. The lowest BCUT2D eigenvalue weighted by Gasteiger charge is -2.09. The van der Waals surface area contributed by atoms with Crippen molar-refractivity contribution in [3.8, 4) is 0 Å². The van der Waals surface area contributed by atoms with E-state index in [0.717, 1.165) is 16.3 Å². The van der Waals surface area contributed by atoms with E-state index in [1.165, 1.54) is 16.7 Å². The second-order valence-corrected chi connectivity index (χ2v) is 7.97.